The Bertz CT molecular complexity index is 681. The zero-order valence-corrected chi connectivity index (χ0v) is 13.1. The number of methoxy groups -OCH3 is 1. The van der Waals surface area contributed by atoms with E-state index in [0.717, 1.165) is 22.2 Å². The number of rotatable bonds is 4. The highest BCUT2D eigenvalue weighted by atomic mass is 16.5. The van der Waals surface area contributed by atoms with Crippen molar-refractivity contribution in [2.75, 3.05) is 32.7 Å². The van der Waals surface area contributed by atoms with Crippen molar-refractivity contribution < 1.29 is 14.3 Å². The summed E-state index contributed by atoms with van der Waals surface area (Å²) in [6.07, 6.45) is 1.55. The lowest BCUT2D eigenvalue weighted by molar-refractivity contribution is 0.0527. The molecule has 0 amide bonds. The molecule has 21 heavy (non-hydrogen) atoms. The Hall–Kier alpha value is -2.30. The van der Waals surface area contributed by atoms with Crippen LogP contribution in [-0.4, -0.2) is 38.8 Å². The van der Waals surface area contributed by atoms with E-state index in [2.05, 4.69) is 4.98 Å². The van der Waals surface area contributed by atoms with Crippen LogP contribution in [0.25, 0.3) is 10.9 Å². The van der Waals surface area contributed by atoms with E-state index in [9.17, 15) is 4.79 Å². The molecule has 1 aromatic carbocycles. The third kappa shape index (κ3) is 2.77. The van der Waals surface area contributed by atoms with E-state index in [1.54, 1.807) is 20.2 Å². The molecule has 0 saturated heterocycles. The van der Waals surface area contributed by atoms with Crippen LogP contribution < -0.4 is 9.64 Å². The molecule has 0 aliphatic rings. The van der Waals surface area contributed by atoms with E-state index >= 15 is 0 Å². The van der Waals surface area contributed by atoms with Gasteiger partial charge in [0.05, 0.1) is 19.4 Å². The lowest BCUT2D eigenvalue weighted by Crippen LogP contribution is -2.16. The van der Waals surface area contributed by atoms with E-state index in [4.69, 9.17) is 9.47 Å². The van der Waals surface area contributed by atoms with Crippen LogP contribution in [0.2, 0.25) is 0 Å². The number of ether oxygens (including phenoxy) is 2. The minimum Gasteiger partial charge on any atom is -0.494 e. The summed E-state index contributed by atoms with van der Waals surface area (Å²) in [6.45, 7) is 4.11. The van der Waals surface area contributed by atoms with Crippen molar-refractivity contribution in [1.82, 2.24) is 4.98 Å². The van der Waals surface area contributed by atoms with Crippen LogP contribution in [0, 0.1) is 6.92 Å². The molecule has 0 spiro atoms. The summed E-state index contributed by atoms with van der Waals surface area (Å²) < 4.78 is 10.5. The van der Waals surface area contributed by atoms with Gasteiger partial charge >= 0.3 is 5.97 Å². The number of fused-ring (bicyclic) bond motifs is 1. The molecular formula is C16H20N2O3. The number of pyridine rings is 1. The molecule has 0 N–H and O–H groups in total. The maximum atomic E-state index is 12.1. The minimum absolute atomic E-state index is 0.334. The fraction of sp³-hybridized carbons (Fsp3) is 0.375. The topological polar surface area (TPSA) is 51.7 Å². The van der Waals surface area contributed by atoms with Crippen LogP contribution in [0.5, 0.6) is 5.75 Å². The summed E-state index contributed by atoms with van der Waals surface area (Å²) in [5.41, 5.74) is 3.03. The number of hydrogen-bond donors (Lipinski definition) is 0. The van der Waals surface area contributed by atoms with Gasteiger partial charge in [-0.15, -0.1) is 0 Å². The number of esters is 1. The normalized spacial score (nSPS) is 10.5. The Morgan fingerprint density at radius 2 is 2.05 bits per heavy atom. The number of aromatic nitrogens is 1. The molecular weight excluding hydrogens is 268 g/mol. The van der Waals surface area contributed by atoms with Gasteiger partial charge < -0.3 is 14.4 Å². The third-order valence-electron chi connectivity index (χ3n) is 3.21. The second-order valence-electron chi connectivity index (χ2n) is 5.00. The summed E-state index contributed by atoms with van der Waals surface area (Å²) in [5, 5.41) is 0.877. The highest BCUT2D eigenvalue weighted by Crippen LogP contribution is 2.34. The summed E-state index contributed by atoms with van der Waals surface area (Å²) in [7, 11) is 5.41. The molecule has 2 aromatic rings. The van der Waals surface area contributed by atoms with Gasteiger partial charge in [-0.1, -0.05) is 0 Å². The number of benzene rings is 1. The molecule has 0 radical (unpaired) electrons. The highest BCUT2D eigenvalue weighted by Gasteiger charge is 2.19. The Morgan fingerprint density at radius 3 is 2.62 bits per heavy atom. The van der Waals surface area contributed by atoms with Crippen molar-refractivity contribution in [2.45, 2.75) is 13.8 Å². The van der Waals surface area contributed by atoms with Crippen LogP contribution in [0.15, 0.2) is 18.3 Å². The number of carbonyl (C=O) groups excluding carboxylic acids is 1. The number of carbonyl (C=O) groups is 1. The summed E-state index contributed by atoms with van der Waals surface area (Å²) in [5.74, 6) is 0.333. The summed E-state index contributed by atoms with van der Waals surface area (Å²) in [4.78, 5) is 18.4. The largest absolute Gasteiger partial charge is 0.494 e. The molecule has 0 bridgehead atoms. The molecule has 5 heteroatoms. The molecule has 0 saturated carbocycles. The van der Waals surface area contributed by atoms with Gasteiger partial charge in [-0.3, -0.25) is 4.98 Å². The van der Waals surface area contributed by atoms with Crippen LogP contribution in [0.3, 0.4) is 0 Å². The van der Waals surface area contributed by atoms with Crippen LogP contribution >= 0.6 is 0 Å². The van der Waals surface area contributed by atoms with Crippen molar-refractivity contribution in [3.05, 3.63) is 29.5 Å². The Morgan fingerprint density at radius 1 is 1.33 bits per heavy atom. The van der Waals surface area contributed by atoms with E-state index in [-0.39, 0.29) is 5.97 Å². The molecule has 1 aromatic heterocycles. The average molecular weight is 288 g/mol. The SMILES string of the molecule is CCOC(=O)c1cnc2c(OC)cc(C)cc2c1N(C)C. The smallest absolute Gasteiger partial charge is 0.341 e. The van der Waals surface area contributed by atoms with Gasteiger partial charge in [0, 0.05) is 25.7 Å². The average Bonchev–Trinajstić information content (AvgIpc) is 2.44. The lowest BCUT2D eigenvalue weighted by Gasteiger charge is -2.20. The Balaban J connectivity index is 2.79. The first kappa shape index (κ1) is 15.1. The Labute approximate surface area is 124 Å². The fourth-order valence-corrected chi connectivity index (χ4v) is 2.39. The standard InChI is InChI=1S/C16H20N2O3/c1-6-21-16(19)12-9-17-14-11(15(12)18(3)4)7-10(2)8-13(14)20-5/h7-9H,6H2,1-5H3. The van der Waals surface area contributed by atoms with Gasteiger partial charge in [-0.25, -0.2) is 4.79 Å². The van der Waals surface area contributed by atoms with Crippen molar-refractivity contribution in [2.24, 2.45) is 0 Å². The zero-order chi connectivity index (χ0) is 15.6. The van der Waals surface area contributed by atoms with Gasteiger partial charge in [-0.05, 0) is 31.5 Å². The van der Waals surface area contributed by atoms with Gasteiger partial charge in [0.15, 0.2) is 0 Å². The lowest BCUT2D eigenvalue weighted by atomic mass is 10.1. The molecule has 0 unspecified atom stereocenters. The van der Waals surface area contributed by atoms with E-state index in [0.29, 0.717) is 17.9 Å². The van der Waals surface area contributed by atoms with E-state index in [1.165, 1.54) is 0 Å². The quantitative estimate of drug-likeness (QED) is 0.810. The van der Waals surface area contributed by atoms with Gasteiger partial charge in [0.25, 0.3) is 0 Å². The predicted octanol–water partition coefficient (Wildman–Crippen LogP) is 2.79. The first-order chi connectivity index (χ1) is 9.99. The predicted molar refractivity (Wildman–Crippen MR) is 83.3 cm³/mol. The van der Waals surface area contributed by atoms with Crippen molar-refractivity contribution >= 4 is 22.6 Å². The van der Waals surface area contributed by atoms with Crippen LogP contribution in [0.1, 0.15) is 22.8 Å². The molecule has 0 fully saturated rings. The van der Waals surface area contributed by atoms with Gasteiger partial charge in [0.1, 0.15) is 16.8 Å². The molecule has 5 nitrogen and oxygen atoms in total. The second kappa shape index (κ2) is 5.99. The molecule has 1 heterocycles. The molecule has 0 aliphatic carbocycles. The molecule has 0 aliphatic heterocycles. The molecule has 2 rings (SSSR count). The van der Waals surface area contributed by atoms with Crippen molar-refractivity contribution in [1.29, 1.82) is 0 Å². The summed E-state index contributed by atoms with van der Waals surface area (Å²) >= 11 is 0. The van der Waals surface area contributed by atoms with Crippen LogP contribution in [-0.2, 0) is 4.74 Å². The van der Waals surface area contributed by atoms with Crippen molar-refractivity contribution in [3.8, 4) is 5.75 Å². The van der Waals surface area contributed by atoms with E-state index in [1.807, 2.05) is 38.1 Å². The maximum Gasteiger partial charge on any atom is 0.341 e. The van der Waals surface area contributed by atoms with Crippen molar-refractivity contribution in [3.63, 3.8) is 0 Å². The molecule has 0 atom stereocenters. The minimum atomic E-state index is -0.365. The van der Waals surface area contributed by atoms with Gasteiger partial charge in [0.2, 0.25) is 0 Å². The highest BCUT2D eigenvalue weighted by molar-refractivity contribution is 6.06. The van der Waals surface area contributed by atoms with Crippen LogP contribution in [0.4, 0.5) is 5.69 Å². The number of aryl methyl sites for hydroxylation is 1. The monoisotopic (exact) mass is 288 g/mol. The third-order valence-corrected chi connectivity index (χ3v) is 3.21. The summed E-state index contributed by atoms with van der Waals surface area (Å²) in [6, 6.07) is 3.93. The first-order valence-corrected chi connectivity index (χ1v) is 6.81. The zero-order valence-electron chi connectivity index (χ0n) is 13.1. The Kier molecular flexibility index (Phi) is 4.31. The number of anilines is 1. The number of hydrogen-bond acceptors (Lipinski definition) is 5. The maximum absolute atomic E-state index is 12.1. The first-order valence-electron chi connectivity index (χ1n) is 6.81. The number of nitrogens with zero attached hydrogens (tertiary/aromatic N) is 2. The van der Waals surface area contributed by atoms with Gasteiger partial charge in [-0.2, -0.15) is 0 Å². The second-order valence-corrected chi connectivity index (χ2v) is 5.00. The van der Waals surface area contributed by atoms with E-state index < -0.39 is 0 Å². The fourth-order valence-electron chi connectivity index (χ4n) is 2.39. The molecule has 112 valence electrons.